The van der Waals surface area contributed by atoms with Gasteiger partial charge < -0.3 is 15.5 Å². The molecule has 6 heteroatoms. The number of amides is 1. The molecular weight excluding hydrogens is 230 g/mol. The molecule has 100 valence electrons. The summed E-state index contributed by atoms with van der Waals surface area (Å²) in [6, 6.07) is 0.0946. The summed E-state index contributed by atoms with van der Waals surface area (Å²) in [6.07, 6.45) is 3.06. The molecule has 0 saturated heterocycles. The summed E-state index contributed by atoms with van der Waals surface area (Å²) >= 11 is 0. The Hall–Kier alpha value is -1.69. The molecule has 18 heavy (non-hydrogen) atoms. The summed E-state index contributed by atoms with van der Waals surface area (Å²) in [5.41, 5.74) is 0.335. The maximum atomic E-state index is 11.6. The molecule has 1 heterocycles. The number of hydrogen-bond donors (Lipinski definition) is 2. The van der Waals surface area contributed by atoms with Crippen molar-refractivity contribution in [2.45, 2.75) is 19.9 Å². The molecule has 1 aromatic rings. The first-order chi connectivity index (χ1) is 8.49. The van der Waals surface area contributed by atoms with Crippen molar-refractivity contribution in [3.05, 3.63) is 18.1 Å². The van der Waals surface area contributed by atoms with Gasteiger partial charge in [0.25, 0.3) is 5.91 Å². The van der Waals surface area contributed by atoms with E-state index in [1.807, 2.05) is 27.9 Å². The number of carbonyl (C=O) groups excluding carboxylic acids is 1. The van der Waals surface area contributed by atoms with E-state index in [-0.39, 0.29) is 11.9 Å². The molecule has 0 saturated carbocycles. The molecule has 1 aromatic heterocycles. The predicted octanol–water partition coefficient (Wildman–Crippen LogP) is 0.588. The van der Waals surface area contributed by atoms with Gasteiger partial charge in [-0.05, 0) is 27.9 Å². The monoisotopic (exact) mass is 251 g/mol. The summed E-state index contributed by atoms with van der Waals surface area (Å²) in [4.78, 5) is 21.9. The first kappa shape index (κ1) is 14.4. The van der Waals surface area contributed by atoms with Gasteiger partial charge in [-0.15, -0.1) is 0 Å². The second-order valence-corrected chi connectivity index (χ2v) is 4.65. The van der Waals surface area contributed by atoms with E-state index in [1.54, 1.807) is 6.20 Å². The van der Waals surface area contributed by atoms with Crippen molar-refractivity contribution in [1.82, 2.24) is 20.2 Å². The van der Waals surface area contributed by atoms with Crippen LogP contribution >= 0.6 is 0 Å². The predicted molar refractivity (Wildman–Crippen MR) is 71.7 cm³/mol. The van der Waals surface area contributed by atoms with Gasteiger partial charge >= 0.3 is 0 Å². The van der Waals surface area contributed by atoms with Crippen LogP contribution in [0.25, 0.3) is 0 Å². The SMILES string of the molecule is CC(C)NC(=O)c1cnc(NCCN(C)C)cn1. The van der Waals surface area contributed by atoms with E-state index < -0.39 is 0 Å². The third-order valence-corrected chi connectivity index (χ3v) is 2.17. The molecule has 1 amide bonds. The number of carbonyl (C=O) groups is 1. The lowest BCUT2D eigenvalue weighted by Gasteiger charge is -2.11. The molecule has 6 nitrogen and oxygen atoms in total. The maximum absolute atomic E-state index is 11.6. The number of hydrogen-bond acceptors (Lipinski definition) is 5. The first-order valence-corrected chi connectivity index (χ1v) is 6.00. The van der Waals surface area contributed by atoms with Gasteiger partial charge in [0.05, 0.1) is 12.4 Å². The Labute approximate surface area is 108 Å². The number of nitrogens with one attached hydrogen (secondary N) is 2. The number of aromatic nitrogens is 2. The highest BCUT2D eigenvalue weighted by Gasteiger charge is 2.08. The Kier molecular flexibility index (Phi) is 5.51. The van der Waals surface area contributed by atoms with Crippen LogP contribution in [0.1, 0.15) is 24.3 Å². The van der Waals surface area contributed by atoms with Crippen LogP contribution in [0.5, 0.6) is 0 Å². The van der Waals surface area contributed by atoms with Crippen LogP contribution in [0.3, 0.4) is 0 Å². The largest absolute Gasteiger partial charge is 0.368 e. The van der Waals surface area contributed by atoms with Gasteiger partial charge in [0, 0.05) is 19.1 Å². The van der Waals surface area contributed by atoms with Crippen LogP contribution in [-0.4, -0.2) is 54.0 Å². The van der Waals surface area contributed by atoms with Gasteiger partial charge in [0.1, 0.15) is 11.5 Å². The van der Waals surface area contributed by atoms with Crippen LogP contribution in [0.2, 0.25) is 0 Å². The van der Waals surface area contributed by atoms with Crippen molar-refractivity contribution >= 4 is 11.7 Å². The molecule has 0 fully saturated rings. The Bertz CT molecular complexity index is 375. The molecule has 0 aliphatic heterocycles. The Morgan fingerprint density at radius 2 is 2.06 bits per heavy atom. The van der Waals surface area contributed by atoms with Crippen LogP contribution in [0, 0.1) is 0 Å². The summed E-state index contributed by atoms with van der Waals surface area (Å²) < 4.78 is 0. The second-order valence-electron chi connectivity index (χ2n) is 4.65. The molecule has 0 aromatic carbocycles. The minimum Gasteiger partial charge on any atom is -0.368 e. The third-order valence-electron chi connectivity index (χ3n) is 2.17. The van der Waals surface area contributed by atoms with Crippen molar-refractivity contribution in [3.63, 3.8) is 0 Å². The van der Waals surface area contributed by atoms with Gasteiger partial charge in [-0.25, -0.2) is 9.97 Å². The Morgan fingerprint density at radius 3 is 2.56 bits per heavy atom. The van der Waals surface area contributed by atoms with Crippen molar-refractivity contribution < 1.29 is 4.79 Å². The lowest BCUT2D eigenvalue weighted by molar-refractivity contribution is 0.0937. The summed E-state index contributed by atoms with van der Waals surface area (Å²) in [6.45, 7) is 5.52. The molecule has 0 aliphatic rings. The van der Waals surface area contributed by atoms with E-state index in [9.17, 15) is 4.79 Å². The summed E-state index contributed by atoms with van der Waals surface area (Å²) in [7, 11) is 4.01. The van der Waals surface area contributed by atoms with Gasteiger partial charge in [0.2, 0.25) is 0 Å². The smallest absolute Gasteiger partial charge is 0.271 e. The fraction of sp³-hybridized carbons (Fsp3) is 0.583. The third kappa shape index (κ3) is 5.09. The van der Waals surface area contributed by atoms with Gasteiger partial charge in [-0.2, -0.15) is 0 Å². The maximum Gasteiger partial charge on any atom is 0.271 e. The molecule has 0 spiro atoms. The lowest BCUT2D eigenvalue weighted by atomic mass is 10.3. The molecule has 1 rings (SSSR count). The van der Waals surface area contributed by atoms with Crippen molar-refractivity contribution in [2.75, 3.05) is 32.5 Å². The van der Waals surface area contributed by atoms with E-state index in [4.69, 9.17) is 0 Å². The fourth-order valence-electron chi connectivity index (χ4n) is 1.28. The Balaban J connectivity index is 2.49. The number of anilines is 1. The minimum absolute atomic E-state index is 0.0946. The van der Waals surface area contributed by atoms with Crippen LogP contribution in [0.15, 0.2) is 12.4 Å². The van der Waals surface area contributed by atoms with Gasteiger partial charge in [0.15, 0.2) is 0 Å². The first-order valence-electron chi connectivity index (χ1n) is 6.00. The summed E-state index contributed by atoms with van der Waals surface area (Å²) in [5.74, 6) is 0.482. The highest BCUT2D eigenvalue weighted by molar-refractivity contribution is 5.92. The summed E-state index contributed by atoms with van der Waals surface area (Å²) in [5, 5.41) is 5.90. The molecule has 0 bridgehead atoms. The average molecular weight is 251 g/mol. The van der Waals surface area contributed by atoms with Gasteiger partial charge in [-0.1, -0.05) is 0 Å². The highest BCUT2D eigenvalue weighted by atomic mass is 16.1. The fourth-order valence-corrected chi connectivity index (χ4v) is 1.28. The molecule has 0 atom stereocenters. The number of rotatable bonds is 6. The quantitative estimate of drug-likeness (QED) is 0.774. The molecule has 0 unspecified atom stereocenters. The van der Waals surface area contributed by atoms with Crippen molar-refractivity contribution in [3.8, 4) is 0 Å². The van der Waals surface area contributed by atoms with E-state index in [1.165, 1.54) is 6.20 Å². The van der Waals surface area contributed by atoms with E-state index in [0.29, 0.717) is 11.5 Å². The zero-order chi connectivity index (χ0) is 13.5. The van der Waals surface area contributed by atoms with E-state index >= 15 is 0 Å². The van der Waals surface area contributed by atoms with E-state index in [2.05, 4.69) is 25.5 Å². The molecule has 0 aliphatic carbocycles. The number of nitrogens with zero attached hydrogens (tertiary/aromatic N) is 3. The van der Waals surface area contributed by atoms with Crippen molar-refractivity contribution in [1.29, 1.82) is 0 Å². The minimum atomic E-state index is -0.197. The second kappa shape index (κ2) is 6.90. The molecular formula is C12H21N5O. The van der Waals surface area contributed by atoms with Crippen LogP contribution < -0.4 is 10.6 Å². The normalized spacial score (nSPS) is 10.8. The van der Waals surface area contributed by atoms with Gasteiger partial charge in [-0.3, -0.25) is 4.79 Å². The Morgan fingerprint density at radius 1 is 1.33 bits per heavy atom. The molecule has 2 N–H and O–H groups in total. The van der Waals surface area contributed by atoms with E-state index in [0.717, 1.165) is 13.1 Å². The number of likely N-dealkylation sites (N-methyl/N-ethyl adjacent to an activating group) is 1. The van der Waals surface area contributed by atoms with Crippen LogP contribution in [-0.2, 0) is 0 Å². The molecule has 0 radical (unpaired) electrons. The zero-order valence-corrected chi connectivity index (χ0v) is 11.4. The standard InChI is InChI=1S/C12H21N5O/c1-9(2)16-12(18)10-7-15-11(8-14-10)13-5-6-17(3)4/h7-9H,5-6H2,1-4H3,(H,13,15)(H,16,18). The topological polar surface area (TPSA) is 70.2 Å². The highest BCUT2D eigenvalue weighted by Crippen LogP contribution is 2.01. The zero-order valence-electron chi connectivity index (χ0n) is 11.4. The van der Waals surface area contributed by atoms with Crippen molar-refractivity contribution in [2.24, 2.45) is 0 Å². The average Bonchev–Trinajstić information content (AvgIpc) is 2.28. The lowest BCUT2D eigenvalue weighted by Crippen LogP contribution is -2.30. The van der Waals surface area contributed by atoms with Crippen LogP contribution in [0.4, 0.5) is 5.82 Å².